The molecule has 0 aromatic heterocycles. The van der Waals surface area contributed by atoms with Gasteiger partial charge in [0.05, 0.1) is 0 Å². The lowest BCUT2D eigenvalue weighted by molar-refractivity contribution is 0.263. The van der Waals surface area contributed by atoms with Crippen LogP contribution in [0.15, 0.2) is 0 Å². The van der Waals surface area contributed by atoms with Crippen LogP contribution in [0.3, 0.4) is 0 Å². The van der Waals surface area contributed by atoms with Crippen LogP contribution in [-0.2, 0) is 0 Å². The van der Waals surface area contributed by atoms with Gasteiger partial charge in [-0.15, -0.1) is 0 Å². The Hall–Kier alpha value is -0.0800. The van der Waals surface area contributed by atoms with Gasteiger partial charge in [-0.2, -0.15) is 0 Å². The molecule has 0 aromatic carbocycles. The van der Waals surface area contributed by atoms with E-state index in [9.17, 15) is 0 Å². The third kappa shape index (κ3) is 2.98. The van der Waals surface area contributed by atoms with Crippen molar-refractivity contribution in [1.82, 2.24) is 4.90 Å². The molecule has 2 rings (SSSR count). The summed E-state index contributed by atoms with van der Waals surface area (Å²) in [6, 6.07) is 0. The van der Waals surface area contributed by atoms with Gasteiger partial charge in [0.15, 0.2) is 0 Å². The normalized spacial score (nSPS) is 30.4. The van der Waals surface area contributed by atoms with Crippen LogP contribution in [0.25, 0.3) is 0 Å². The molecule has 1 saturated carbocycles. The van der Waals surface area contributed by atoms with E-state index in [0.29, 0.717) is 0 Å². The molecular formula is C14H28N2. The first-order valence-corrected chi connectivity index (χ1v) is 7.10. The summed E-state index contributed by atoms with van der Waals surface area (Å²) in [6.45, 7) is 8.57. The molecule has 1 saturated heterocycles. The number of likely N-dealkylation sites (tertiary alicyclic amines) is 1. The third-order valence-electron chi connectivity index (χ3n) is 4.78. The molecular weight excluding hydrogens is 196 g/mol. The molecule has 0 amide bonds. The van der Waals surface area contributed by atoms with E-state index < -0.39 is 0 Å². The van der Waals surface area contributed by atoms with Gasteiger partial charge < -0.3 is 10.6 Å². The van der Waals surface area contributed by atoms with Gasteiger partial charge >= 0.3 is 0 Å². The zero-order valence-electron chi connectivity index (χ0n) is 11.0. The van der Waals surface area contributed by atoms with Gasteiger partial charge in [0.1, 0.15) is 0 Å². The van der Waals surface area contributed by atoms with Crippen molar-refractivity contribution in [3.8, 4) is 0 Å². The van der Waals surface area contributed by atoms with Gasteiger partial charge in [0.25, 0.3) is 0 Å². The van der Waals surface area contributed by atoms with E-state index in [1.807, 2.05) is 0 Å². The van der Waals surface area contributed by atoms with E-state index in [4.69, 9.17) is 5.73 Å². The van der Waals surface area contributed by atoms with Gasteiger partial charge in [-0.25, -0.2) is 0 Å². The average Bonchev–Trinajstić information content (AvgIpc) is 2.84. The highest BCUT2D eigenvalue weighted by molar-refractivity contribution is 4.90. The summed E-state index contributed by atoms with van der Waals surface area (Å²) in [5.41, 5.74) is 6.60. The fraction of sp³-hybridized carbons (Fsp3) is 1.00. The molecule has 1 aliphatic carbocycles. The Morgan fingerprint density at radius 1 is 1.31 bits per heavy atom. The van der Waals surface area contributed by atoms with Gasteiger partial charge in [-0.1, -0.05) is 26.7 Å². The van der Waals surface area contributed by atoms with Gasteiger partial charge in [-0.3, -0.25) is 0 Å². The zero-order valence-corrected chi connectivity index (χ0v) is 11.0. The van der Waals surface area contributed by atoms with E-state index in [1.165, 1.54) is 58.2 Å². The van der Waals surface area contributed by atoms with Crippen molar-refractivity contribution < 1.29 is 0 Å². The standard InChI is InChI=1S/C14H28N2/c1-12(2)13-5-9-16(11-13)10-8-14(15)6-3-4-7-14/h12-13H,3-11,15H2,1-2H3. The highest BCUT2D eigenvalue weighted by atomic mass is 15.1. The van der Waals surface area contributed by atoms with Gasteiger partial charge in [0.2, 0.25) is 0 Å². The summed E-state index contributed by atoms with van der Waals surface area (Å²) in [6.07, 6.45) is 7.84. The van der Waals surface area contributed by atoms with E-state index >= 15 is 0 Å². The molecule has 0 spiro atoms. The molecule has 16 heavy (non-hydrogen) atoms. The molecule has 1 unspecified atom stereocenters. The minimum atomic E-state index is 0.190. The predicted octanol–water partition coefficient (Wildman–Crippen LogP) is 2.63. The summed E-state index contributed by atoms with van der Waals surface area (Å²) in [5, 5.41) is 0. The number of nitrogens with two attached hydrogens (primary N) is 1. The first-order valence-electron chi connectivity index (χ1n) is 7.10. The lowest BCUT2D eigenvalue weighted by Crippen LogP contribution is -2.40. The lowest BCUT2D eigenvalue weighted by Gasteiger charge is -2.27. The van der Waals surface area contributed by atoms with Crippen LogP contribution in [0.5, 0.6) is 0 Å². The minimum Gasteiger partial charge on any atom is -0.325 e. The Kier molecular flexibility index (Phi) is 3.91. The van der Waals surface area contributed by atoms with Crippen molar-refractivity contribution in [3.63, 3.8) is 0 Å². The highest BCUT2D eigenvalue weighted by Gasteiger charge is 2.31. The third-order valence-corrected chi connectivity index (χ3v) is 4.78. The number of nitrogens with zero attached hydrogens (tertiary/aromatic N) is 1. The summed E-state index contributed by atoms with van der Waals surface area (Å²) >= 11 is 0. The second kappa shape index (κ2) is 5.05. The van der Waals surface area contributed by atoms with E-state index in [0.717, 1.165) is 11.8 Å². The second-order valence-electron chi connectivity index (χ2n) is 6.41. The van der Waals surface area contributed by atoms with Gasteiger partial charge in [-0.05, 0) is 50.6 Å². The quantitative estimate of drug-likeness (QED) is 0.795. The highest BCUT2D eigenvalue weighted by Crippen LogP contribution is 2.31. The molecule has 2 N–H and O–H groups in total. The average molecular weight is 224 g/mol. The molecule has 94 valence electrons. The van der Waals surface area contributed by atoms with Crippen LogP contribution in [-0.4, -0.2) is 30.1 Å². The first-order chi connectivity index (χ1) is 7.59. The number of rotatable bonds is 4. The fourth-order valence-electron chi connectivity index (χ4n) is 3.32. The van der Waals surface area contributed by atoms with Crippen LogP contribution in [0, 0.1) is 11.8 Å². The Morgan fingerprint density at radius 2 is 2.00 bits per heavy atom. The summed E-state index contributed by atoms with van der Waals surface area (Å²) in [7, 11) is 0. The SMILES string of the molecule is CC(C)C1CCN(CCC2(N)CCCC2)C1. The van der Waals surface area contributed by atoms with E-state index in [1.54, 1.807) is 0 Å². The Bertz CT molecular complexity index is 219. The van der Waals surface area contributed by atoms with E-state index in [2.05, 4.69) is 18.7 Å². The van der Waals surface area contributed by atoms with Crippen molar-refractivity contribution >= 4 is 0 Å². The molecule has 2 nitrogen and oxygen atoms in total. The molecule has 1 aliphatic heterocycles. The van der Waals surface area contributed by atoms with Crippen molar-refractivity contribution in [1.29, 1.82) is 0 Å². The van der Waals surface area contributed by atoms with Crippen LogP contribution in [0.4, 0.5) is 0 Å². The maximum absolute atomic E-state index is 6.40. The number of hydrogen-bond acceptors (Lipinski definition) is 2. The largest absolute Gasteiger partial charge is 0.325 e. The summed E-state index contributed by atoms with van der Waals surface area (Å²) in [5.74, 6) is 1.78. The maximum Gasteiger partial charge on any atom is 0.0166 e. The smallest absolute Gasteiger partial charge is 0.0166 e. The summed E-state index contributed by atoms with van der Waals surface area (Å²) < 4.78 is 0. The van der Waals surface area contributed by atoms with Crippen LogP contribution in [0.2, 0.25) is 0 Å². The Morgan fingerprint density at radius 3 is 2.56 bits per heavy atom. The van der Waals surface area contributed by atoms with Crippen LogP contribution < -0.4 is 5.73 Å². The van der Waals surface area contributed by atoms with Gasteiger partial charge in [0, 0.05) is 12.1 Å². The Labute approximate surface area is 101 Å². The maximum atomic E-state index is 6.40. The lowest BCUT2D eigenvalue weighted by atomic mass is 9.94. The molecule has 2 fully saturated rings. The first kappa shape index (κ1) is 12.4. The topological polar surface area (TPSA) is 29.3 Å². The van der Waals surface area contributed by atoms with E-state index in [-0.39, 0.29) is 5.54 Å². The molecule has 2 heteroatoms. The Balaban J connectivity index is 1.71. The molecule has 1 atom stereocenters. The molecule has 0 bridgehead atoms. The van der Waals surface area contributed by atoms with Crippen LogP contribution in [0.1, 0.15) is 52.4 Å². The predicted molar refractivity (Wildman–Crippen MR) is 69.4 cm³/mol. The monoisotopic (exact) mass is 224 g/mol. The molecule has 1 heterocycles. The zero-order chi connectivity index (χ0) is 11.6. The van der Waals surface area contributed by atoms with Crippen molar-refractivity contribution in [3.05, 3.63) is 0 Å². The van der Waals surface area contributed by atoms with Crippen molar-refractivity contribution in [2.24, 2.45) is 17.6 Å². The molecule has 0 radical (unpaired) electrons. The molecule has 0 aromatic rings. The minimum absolute atomic E-state index is 0.190. The second-order valence-corrected chi connectivity index (χ2v) is 6.41. The van der Waals surface area contributed by atoms with Crippen LogP contribution >= 0.6 is 0 Å². The fourth-order valence-corrected chi connectivity index (χ4v) is 3.32. The van der Waals surface area contributed by atoms with Crippen molar-refractivity contribution in [2.45, 2.75) is 57.9 Å². The molecule has 2 aliphatic rings. The number of hydrogen-bond donors (Lipinski definition) is 1. The van der Waals surface area contributed by atoms with Crippen molar-refractivity contribution in [2.75, 3.05) is 19.6 Å². The summed E-state index contributed by atoms with van der Waals surface area (Å²) in [4.78, 5) is 2.64.